The van der Waals surface area contributed by atoms with Crippen LogP contribution in [0.4, 0.5) is 4.79 Å². The minimum atomic E-state index is -0.708. The molecule has 6 nitrogen and oxygen atoms in total. The molecule has 114 valence electrons. The van der Waals surface area contributed by atoms with Gasteiger partial charge in [0.15, 0.2) is 11.5 Å². The van der Waals surface area contributed by atoms with Crippen LogP contribution < -0.4 is 20.6 Å². The molecule has 0 saturated heterocycles. The average Bonchev–Trinajstić information content (AvgIpc) is 2.54. The molecule has 2 aromatic rings. The Labute approximate surface area is 128 Å². The van der Waals surface area contributed by atoms with E-state index in [0.29, 0.717) is 11.5 Å². The SMILES string of the molecule is COc1ccc(-c2ccccc2C=NNC(N)=O)cc1OC. The van der Waals surface area contributed by atoms with Crippen LogP contribution in [0.1, 0.15) is 5.56 Å². The van der Waals surface area contributed by atoms with E-state index in [4.69, 9.17) is 15.2 Å². The van der Waals surface area contributed by atoms with E-state index in [9.17, 15) is 4.79 Å². The molecule has 22 heavy (non-hydrogen) atoms. The number of benzene rings is 2. The zero-order valence-electron chi connectivity index (χ0n) is 12.4. The standard InChI is InChI=1S/C16H17N3O3/c1-21-14-8-7-11(9-15(14)22-2)13-6-4-3-5-12(13)10-18-19-16(17)20/h3-10H,1-2H3,(H3,17,19,20). The maximum absolute atomic E-state index is 10.7. The summed E-state index contributed by atoms with van der Waals surface area (Å²) in [6, 6.07) is 12.6. The summed E-state index contributed by atoms with van der Waals surface area (Å²) >= 11 is 0. The summed E-state index contributed by atoms with van der Waals surface area (Å²) in [5, 5.41) is 3.80. The highest BCUT2D eigenvalue weighted by Gasteiger charge is 2.08. The van der Waals surface area contributed by atoms with Crippen LogP contribution in [0.25, 0.3) is 11.1 Å². The smallest absolute Gasteiger partial charge is 0.332 e. The summed E-state index contributed by atoms with van der Waals surface area (Å²) < 4.78 is 10.6. The Balaban J connectivity index is 2.40. The van der Waals surface area contributed by atoms with Crippen LogP contribution in [0.15, 0.2) is 47.6 Å². The number of hydrogen-bond donors (Lipinski definition) is 2. The highest BCUT2D eigenvalue weighted by molar-refractivity contribution is 5.91. The highest BCUT2D eigenvalue weighted by atomic mass is 16.5. The van der Waals surface area contributed by atoms with Crippen molar-refractivity contribution in [2.24, 2.45) is 10.8 Å². The predicted octanol–water partition coefficient (Wildman–Crippen LogP) is 2.37. The third-order valence-corrected chi connectivity index (χ3v) is 3.03. The number of urea groups is 1. The fourth-order valence-electron chi connectivity index (χ4n) is 2.04. The molecule has 0 spiro atoms. The number of amides is 2. The van der Waals surface area contributed by atoms with E-state index in [1.54, 1.807) is 14.2 Å². The molecule has 2 aromatic carbocycles. The van der Waals surface area contributed by atoms with Gasteiger partial charge in [0, 0.05) is 5.56 Å². The molecule has 0 bridgehead atoms. The summed E-state index contributed by atoms with van der Waals surface area (Å²) in [5.74, 6) is 1.30. The van der Waals surface area contributed by atoms with Gasteiger partial charge in [-0.3, -0.25) is 0 Å². The number of ether oxygens (including phenoxy) is 2. The largest absolute Gasteiger partial charge is 0.493 e. The van der Waals surface area contributed by atoms with Crippen molar-refractivity contribution >= 4 is 12.2 Å². The van der Waals surface area contributed by atoms with Crippen molar-refractivity contribution in [2.45, 2.75) is 0 Å². The van der Waals surface area contributed by atoms with Crippen molar-refractivity contribution in [2.75, 3.05) is 14.2 Å². The molecule has 0 aromatic heterocycles. The molecule has 3 N–H and O–H groups in total. The molecule has 0 aliphatic rings. The number of rotatable bonds is 5. The summed E-state index contributed by atoms with van der Waals surface area (Å²) in [6.45, 7) is 0. The molecular formula is C16H17N3O3. The molecule has 0 heterocycles. The van der Waals surface area contributed by atoms with Crippen LogP contribution in [-0.4, -0.2) is 26.5 Å². The van der Waals surface area contributed by atoms with E-state index in [1.807, 2.05) is 42.5 Å². The van der Waals surface area contributed by atoms with Crippen molar-refractivity contribution in [1.29, 1.82) is 0 Å². The third kappa shape index (κ3) is 3.54. The Morgan fingerprint density at radius 1 is 1.14 bits per heavy atom. The molecule has 0 unspecified atom stereocenters. The van der Waals surface area contributed by atoms with Gasteiger partial charge in [0.25, 0.3) is 0 Å². The predicted molar refractivity (Wildman–Crippen MR) is 85.3 cm³/mol. The van der Waals surface area contributed by atoms with Gasteiger partial charge < -0.3 is 15.2 Å². The number of methoxy groups -OCH3 is 2. The zero-order valence-corrected chi connectivity index (χ0v) is 12.4. The van der Waals surface area contributed by atoms with Crippen molar-refractivity contribution < 1.29 is 14.3 Å². The van der Waals surface area contributed by atoms with Gasteiger partial charge in [-0.15, -0.1) is 0 Å². The molecule has 0 fully saturated rings. The molecule has 0 radical (unpaired) electrons. The average molecular weight is 299 g/mol. The van der Waals surface area contributed by atoms with Crippen LogP contribution in [-0.2, 0) is 0 Å². The Morgan fingerprint density at radius 3 is 2.55 bits per heavy atom. The fraction of sp³-hybridized carbons (Fsp3) is 0.125. The summed E-state index contributed by atoms with van der Waals surface area (Å²) in [5.41, 5.74) is 9.88. The first kappa shape index (κ1) is 15.4. The third-order valence-electron chi connectivity index (χ3n) is 3.03. The molecule has 0 aliphatic heterocycles. The Hall–Kier alpha value is -3.02. The number of hydrazone groups is 1. The second-order valence-corrected chi connectivity index (χ2v) is 4.39. The molecule has 0 saturated carbocycles. The van der Waals surface area contributed by atoms with Crippen molar-refractivity contribution in [3.8, 4) is 22.6 Å². The Kier molecular flexibility index (Phi) is 4.98. The monoisotopic (exact) mass is 299 g/mol. The van der Waals surface area contributed by atoms with E-state index < -0.39 is 6.03 Å². The van der Waals surface area contributed by atoms with E-state index in [0.717, 1.165) is 16.7 Å². The lowest BCUT2D eigenvalue weighted by Crippen LogP contribution is -2.24. The molecule has 2 rings (SSSR count). The van der Waals surface area contributed by atoms with Gasteiger partial charge in [-0.25, -0.2) is 10.2 Å². The first-order valence-corrected chi connectivity index (χ1v) is 6.55. The van der Waals surface area contributed by atoms with Gasteiger partial charge in [0.1, 0.15) is 0 Å². The van der Waals surface area contributed by atoms with Gasteiger partial charge in [0.2, 0.25) is 0 Å². The lowest BCUT2D eigenvalue weighted by Gasteiger charge is -2.11. The van der Waals surface area contributed by atoms with E-state index in [2.05, 4.69) is 10.5 Å². The molecule has 6 heteroatoms. The van der Waals surface area contributed by atoms with E-state index in [-0.39, 0.29) is 0 Å². The first-order valence-electron chi connectivity index (χ1n) is 6.55. The van der Waals surface area contributed by atoms with Crippen LogP contribution in [0.3, 0.4) is 0 Å². The summed E-state index contributed by atoms with van der Waals surface area (Å²) in [7, 11) is 3.18. The van der Waals surface area contributed by atoms with Crippen LogP contribution >= 0.6 is 0 Å². The lowest BCUT2D eigenvalue weighted by molar-refractivity contribution is 0.249. The summed E-state index contributed by atoms with van der Waals surface area (Å²) in [6.07, 6.45) is 1.54. The number of nitrogens with zero attached hydrogens (tertiary/aromatic N) is 1. The quantitative estimate of drug-likeness (QED) is 0.656. The van der Waals surface area contributed by atoms with Crippen molar-refractivity contribution in [1.82, 2.24) is 5.43 Å². The normalized spacial score (nSPS) is 10.5. The van der Waals surface area contributed by atoms with Gasteiger partial charge in [-0.1, -0.05) is 30.3 Å². The number of carbonyl (C=O) groups is 1. The zero-order chi connectivity index (χ0) is 15.9. The van der Waals surface area contributed by atoms with Gasteiger partial charge >= 0.3 is 6.03 Å². The maximum atomic E-state index is 10.7. The first-order chi connectivity index (χ1) is 10.7. The van der Waals surface area contributed by atoms with Gasteiger partial charge in [-0.2, -0.15) is 5.10 Å². The second-order valence-electron chi connectivity index (χ2n) is 4.39. The van der Waals surface area contributed by atoms with E-state index >= 15 is 0 Å². The molecule has 0 aliphatic carbocycles. The van der Waals surface area contributed by atoms with E-state index in [1.165, 1.54) is 6.21 Å². The summed E-state index contributed by atoms with van der Waals surface area (Å²) in [4.78, 5) is 10.7. The maximum Gasteiger partial charge on any atom is 0.332 e. The lowest BCUT2D eigenvalue weighted by atomic mass is 10.00. The minimum Gasteiger partial charge on any atom is -0.493 e. The number of nitrogens with two attached hydrogens (primary N) is 1. The second kappa shape index (κ2) is 7.12. The van der Waals surface area contributed by atoms with Crippen LogP contribution in [0, 0.1) is 0 Å². The fourth-order valence-corrected chi connectivity index (χ4v) is 2.04. The highest BCUT2D eigenvalue weighted by Crippen LogP contribution is 2.33. The van der Waals surface area contributed by atoms with Crippen LogP contribution in [0.5, 0.6) is 11.5 Å². The van der Waals surface area contributed by atoms with Crippen molar-refractivity contribution in [3.63, 3.8) is 0 Å². The van der Waals surface area contributed by atoms with Gasteiger partial charge in [0.05, 0.1) is 20.4 Å². The number of primary amides is 1. The Morgan fingerprint density at radius 2 is 1.86 bits per heavy atom. The number of hydrogen-bond acceptors (Lipinski definition) is 4. The van der Waals surface area contributed by atoms with Crippen molar-refractivity contribution in [3.05, 3.63) is 48.0 Å². The molecule has 2 amide bonds. The minimum absolute atomic E-state index is 0.641. The Bertz CT molecular complexity index is 699. The molecule has 0 atom stereocenters. The van der Waals surface area contributed by atoms with Crippen LogP contribution in [0.2, 0.25) is 0 Å². The topological polar surface area (TPSA) is 85.9 Å². The number of carbonyl (C=O) groups excluding carboxylic acids is 1. The van der Waals surface area contributed by atoms with Gasteiger partial charge in [-0.05, 0) is 23.3 Å². The molecular weight excluding hydrogens is 282 g/mol. The number of nitrogens with one attached hydrogen (secondary N) is 1.